The second-order valence-corrected chi connectivity index (χ2v) is 12.8. The molecule has 0 spiro atoms. The van der Waals surface area contributed by atoms with Crippen LogP contribution in [0.25, 0.3) is 17.1 Å². The highest BCUT2D eigenvalue weighted by molar-refractivity contribution is 6.24. The van der Waals surface area contributed by atoms with Crippen LogP contribution in [-0.2, 0) is 27.3 Å². The van der Waals surface area contributed by atoms with Crippen molar-refractivity contribution in [2.45, 2.75) is 43.9 Å². The minimum atomic E-state index is -2.69. The number of nitrogens with zero attached hydrogens (tertiary/aromatic N) is 3. The fraction of sp³-hybridized carbons (Fsp3) is 0.469. The van der Waals surface area contributed by atoms with Crippen LogP contribution >= 0.6 is 0 Å². The van der Waals surface area contributed by atoms with Crippen molar-refractivity contribution >= 4 is 28.9 Å². The van der Waals surface area contributed by atoms with Gasteiger partial charge in [-0.3, -0.25) is 24.2 Å². The van der Waals surface area contributed by atoms with Gasteiger partial charge < -0.3 is 35.5 Å². The highest BCUT2D eigenvalue weighted by Crippen LogP contribution is 2.55. The number of amides is 1. The number of nitrogens with two attached hydrogens (primary N) is 1. The van der Waals surface area contributed by atoms with E-state index in [-0.39, 0.29) is 29.7 Å². The van der Waals surface area contributed by atoms with E-state index in [1.165, 1.54) is 4.90 Å². The second-order valence-electron chi connectivity index (χ2n) is 12.8. The van der Waals surface area contributed by atoms with Crippen LogP contribution in [0.1, 0.15) is 36.1 Å². The Morgan fingerprint density at radius 2 is 1.80 bits per heavy atom. The predicted molar refractivity (Wildman–Crippen MR) is 161 cm³/mol. The average Bonchev–Trinajstić information content (AvgIpc) is 3.63. The molecule has 1 aliphatic heterocycles. The van der Waals surface area contributed by atoms with E-state index in [1.807, 2.05) is 25.1 Å². The Labute approximate surface area is 254 Å². The van der Waals surface area contributed by atoms with E-state index in [0.29, 0.717) is 29.1 Å². The summed E-state index contributed by atoms with van der Waals surface area (Å²) in [5.41, 5.74) is 3.32. The van der Waals surface area contributed by atoms with Gasteiger partial charge in [-0.2, -0.15) is 0 Å². The average molecular weight is 607 g/mol. The number of benzene rings is 1. The van der Waals surface area contributed by atoms with Crippen LogP contribution in [0.5, 0.6) is 5.75 Å². The van der Waals surface area contributed by atoms with Crippen LogP contribution in [-0.4, -0.2) is 101 Å². The summed E-state index contributed by atoms with van der Waals surface area (Å²) in [4.78, 5) is 45.3. The monoisotopic (exact) mass is 606 g/mol. The molecule has 234 valence electrons. The van der Waals surface area contributed by atoms with Gasteiger partial charge in [0.15, 0.2) is 11.4 Å². The number of aliphatic hydroxyl groups is 3. The smallest absolute Gasteiger partial charge is 0.255 e. The molecule has 1 amide bonds. The van der Waals surface area contributed by atoms with Crippen molar-refractivity contribution in [2.75, 3.05) is 46.2 Å². The Morgan fingerprint density at radius 1 is 1.11 bits per heavy atom. The number of rotatable bonds is 6. The first-order valence-electron chi connectivity index (χ1n) is 14.8. The standard InChI is InChI=1S/C32H38N4O8/c1-34(2)20-13-18(21-8-7-16(44-21)14-36-9-5-6-10-36)26(37)23-17(20)11-15-12-19-25(35(3)4)28(39)24(31(33)42)30(41)32(19,43)29(40)22(15)27(23)38/h7-8,13,15,19,25,37-38,41,43H,5-6,9-12,14H2,1-4H3,(H2,33,42). The molecular formula is C32H38N4O8. The van der Waals surface area contributed by atoms with Crippen molar-refractivity contribution in [3.63, 3.8) is 0 Å². The van der Waals surface area contributed by atoms with Crippen molar-refractivity contribution < 1.29 is 39.2 Å². The Bertz CT molecular complexity index is 1650. The fourth-order valence-corrected chi connectivity index (χ4v) is 7.65. The fourth-order valence-electron chi connectivity index (χ4n) is 7.65. The van der Waals surface area contributed by atoms with Crippen molar-refractivity contribution in [1.82, 2.24) is 9.80 Å². The minimum absolute atomic E-state index is 0.0270. The first-order chi connectivity index (χ1) is 20.8. The van der Waals surface area contributed by atoms with Gasteiger partial charge in [0, 0.05) is 31.3 Å². The van der Waals surface area contributed by atoms with Gasteiger partial charge in [0.1, 0.15) is 34.4 Å². The molecule has 44 heavy (non-hydrogen) atoms. The number of hydrogen-bond acceptors (Lipinski definition) is 11. The third-order valence-electron chi connectivity index (χ3n) is 9.68. The molecule has 2 aromatic rings. The van der Waals surface area contributed by atoms with Crippen LogP contribution in [0, 0.1) is 11.8 Å². The van der Waals surface area contributed by atoms with Gasteiger partial charge in [-0.1, -0.05) is 0 Å². The molecule has 0 radical (unpaired) electrons. The van der Waals surface area contributed by atoms with Crippen molar-refractivity contribution in [1.29, 1.82) is 0 Å². The number of anilines is 1. The Morgan fingerprint density at radius 3 is 2.41 bits per heavy atom. The number of carbonyl (C=O) groups excluding carboxylic acids is 3. The molecular weight excluding hydrogens is 568 g/mol. The molecule has 1 aromatic heterocycles. The van der Waals surface area contributed by atoms with Crippen LogP contribution < -0.4 is 10.6 Å². The topological polar surface area (TPSA) is 181 Å². The zero-order valence-electron chi connectivity index (χ0n) is 25.3. The summed E-state index contributed by atoms with van der Waals surface area (Å²) < 4.78 is 6.14. The van der Waals surface area contributed by atoms with Crippen LogP contribution in [0.15, 0.2) is 39.5 Å². The third-order valence-corrected chi connectivity index (χ3v) is 9.68. The summed E-state index contributed by atoms with van der Waals surface area (Å²) in [6.45, 7) is 2.62. The van der Waals surface area contributed by atoms with Gasteiger partial charge >= 0.3 is 0 Å². The maximum absolute atomic E-state index is 14.2. The van der Waals surface area contributed by atoms with Crippen molar-refractivity contribution in [3.8, 4) is 17.1 Å². The lowest BCUT2D eigenvalue weighted by Crippen LogP contribution is -2.65. The summed E-state index contributed by atoms with van der Waals surface area (Å²) in [6, 6.07) is 4.26. The van der Waals surface area contributed by atoms with Crippen LogP contribution in [0.3, 0.4) is 0 Å². The number of ketones is 2. The molecule has 3 aliphatic carbocycles. The number of fused-ring (bicyclic) bond motifs is 3. The van der Waals surface area contributed by atoms with Crippen LogP contribution in [0.2, 0.25) is 0 Å². The molecule has 1 saturated carbocycles. The number of aromatic hydroxyl groups is 1. The molecule has 2 heterocycles. The largest absolute Gasteiger partial charge is 0.508 e. The van der Waals surface area contributed by atoms with Gasteiger partial charge in [0.25, 0.3) is 5.91 Å². The zero-order valence-corrected chi connectivity index (χ0v) is 25.3. The number of furan rings is 1. The summed E-state index contributed by atoms with van der Waals surface area (Å²) in [6.07, 6.45) is 2.50. The number of likely N-dealkylation sites (N-methyl/N-ethyl adjacent to an activating group) is 1. The van der Waals surface area contributed by atoms with Crippen LogP contribution in [0.4, 0.5) is 5.69 Å². The van der Waals surface area contributed by atoms with E-state index in [0.717, 1.165) is 31.7 Å². The molecule has 4 aliphatic rings. The van der Waals surface area contributed by atoms with E-state index in [2.05, 4.69) is 4.90 Å². The number of primary amides is 1. The third kappa shape index (κ3) is 4.26. The second kappa shape index (κ2) is 10.5. The number of phenols is 1. The van der Waals surface area contributed by atoms with E-state index in [4.69, 9.17) is 10.2 Å². The normalized spacial score (nSPS) is 27.1. The summed E-state index contributed by atoms with van der Waals surface area (Å²) in [7, 11) is 6.80. The number of Topliss-reactive ketones (excluding diaryl/α,β-unsaturated/α-hetero) is 2. The Balaban J connectivity index is 1.50. The number of phenolic OH excluding ortho intramolecular Hbond substituents is 1. The molecule has 12 heteroatoms. The lowest BCUT2D eigenvalue weighted by Gasteiger charge is -2.50. The van der Waals surface area contributed by atoms with E-state index in [9.17, 15) is 34.8 Å². The van der Waals surface area contributed by atoms with Gasteiger partial charge in [-0.25, -0.2) is 0 Å². The maximum atomic E-state index is 14.2. The lowest BCUT2D eigenvalue weighted by atomic mass is 9.57. The summed E-state index contributed by atoms with van der Waals surface area (Å²) in [5.74, 6) is -5.69. The first kappa shape index (κ1) is 29.9. The Kier molecular flexibility index (Phi) is 7.14. The maximum Gasteiger partial charge on any atom is 0.255 e. The number of hydrogen-bond donors (Lipinski definition) is 5. The first-order valence-corrected chi connectivity index (χ1v) is 14.8. The van der Waals surface area contributed by atoms with Crippen molar-refractivity contribution in [2.24, 2.45) is 17.6 Å². The molecule has 4 atom stereocenters. The Hall–Kier alpha value is -4.13. The summed E-state index contributed by atoms with van der Waals surface area (Å²) in [5, 5.41) is 46.3. The number of likely N-dealkylation sites (tertiary alicyclic amines) is 1. The molecule has 6 rings (SSSR count). The van der Waals surface area contributed by atoms with Gasteiger partial charge in [0.05, 0.1) is 23.7 Å². The highest BCUT2D eigenvalue weighted by Gasteiger charge is 2.64. The highest BCUT2D eigenvalue weighted by atomic mass is 16.4. The van der Waals surface area contributed by atoms with Gasteiger partial charge in [0.2, 0.25) is 5.78 Å². The quantitative estimate of drug-likeness (QED) is 0.303. The minimum Gasteiger partial charge on any atom is -0.508 e. The zero-order chi connectivity index (χ0) is 31.8. The van der Waals surface area contributed by atoms with E-state index in [1.54, 1.807) is 26.2 Å². The van der Waals surface area contributed by atoms with Crippen molar-refractivity contribution in [3.05, 3.63) is 52.0 Å². The molecule has 1 saturated heterocycles. The molecule has 4 unspecified atom stereocenters. The SMILES string of the molecule is CN(C)c1cc(-c2ccc(CN3CCCC3)o2)c(O)c2c1CC1CC3C(N(C)C)C(=O)C(C(N)=O)=C(O)C3(O)C(=O)C1=C2O. The molecule has 2 fully saturated rings. The van der Waals surface area contributed by atoms with Gasteiger partial charge in [-0.05, 0) is 82.5 Å². The lowest BCUT2D eigenvalue weighted by molar-refractivity contribution is -0.153. The number of aliphatic hydroxyl groups excluding tert-OH is 2. The summed E-state index contributed by atoms with van der Waals surface area (Å²) >= 11 is 0. The van der Waals surface area contributed by atoms with E-state index < -0.39 is 58.0 Å². The molecule has 1 aromatic carbocycles. The number of carbonyl (C=O) groups is 3. The van der Waals surface area contributed by atoms with Gasteiger partial charge in [-0.15, -0.1) is 0 Å². The predicted octanol–water partition coefficient (Wildman–Crippen LogP) is 1.89. The molecule has 12 nitrogen and oxygen atoms in total. The molecule has 0 bridgehead atoms. The van der Waals surface area contributed by atoms with E-state index >= 15 is 0 Å². The molecule has 6 N–H and O–H groups in total.